The number of sulfonamides is 1. The van der Waals surface area contributed by atoms with Crippen LogP contribution in [0.1, 0.15) is 91.4 Å². The number of piperazine rings is 1. The Morgan fingerprint density at radius 2 is 1.79 bits per heavy atom. The Morgan fingerprint density at radius 3 is 2.53 bits per heavy atom. The van der Waals surface area contributed by atoms with Crippen LogP contribution in [0.2, 0.25) is 0 Å². The second-order valence-corrected chi connectivity index (χ2v) is 23.6. The number of hydrogen-bond donors (Lipinski definition) is 3. The van der Waals surface area contributed by atoms with Crippen LogP contribution in [-0.2, 0) is 21.3 Å². The fourth-order valence-electron chi connectivity index (χ4n) is 11.8. The number of nitrogens with one attached hydrogen (secondary N) is 3. The first kappa shape index (κ1) is 52.2. The number of rotatable bonds is 16. The van der Waals surface area contributed by atoms with Crippen molar-refractivity contribution in [3.63, 3.8) is 0 Å². The Hall–Kier alpha value is -6.85. The summed E-state index contributed by atoms with van der Waals surface area (Å²) < 4.78 is 79.8. The fourth-order valence-corrected chi connectivity index (χ4v) is 13.8. The van der Waals surface area contributed by atoms with Crippen LogP contribution >= 0.6 is 11.3 Å². The lowest BCUT2D eigenvalue weighted by atomic mass is 9.59. The van der Waals surface area contributed by atoms with Crippen molar-refractivity contribution < 1.29 is 41.1 Å². The van der Waals surface area contributed by atoms with Gasteiger partial charge in [0, 0.05) is 120 Å². The molecule has 77 heavy (non-hydrogen) atoms. The minimum absolute atomic E-state index is 0.0723. The number of pyridine rings is 2. The molecule has 3 aliphatic heterocycles. The van der Waals surface area contributed by atoms with E-state index in [2.05, 4.69) is 79.2 Å². The number of nitro benzene ring substituents is 1. The van der Waals surface area contributed by atoms with E-state index in [4.69, 9.17) is 14.2 Å². The number of nitro groups is 1. The van der Waals surface area contributed by atoms with Crippen molar-refractivity contribution in [2.75, 3.05) is 69.8 Å². The summed E-state index contributed by atoms with van der Waals surface area (Å²) in [6, 6.07) is 20.0. The van der Waals surface area contributed by atoms with Crippen molar-refractivity contribution in [2.45, 2.75) is 87.5 Å². The Kier molecular flexibility index (Phi) is 14.4. The fraction of sp³-hybridized carbons (Fsp3) is 0.418. The number of thiazole rings is 1. The van der Waals surface area contributed by atoms with Crippen LogP contribution in [0.25, 0.3) is 21.3 Å². The second kappa shape index (κ2) is 21.2. The molecule has 404 valence electrons. The third kappa shape index (κ3) is 10.6. The lowest BCUT2D eigenvalue weighted by molar-refractivity contribution is -0.384. The normalized spacial score (nSPS) is 19.1. The van der Waals surface area contributed by atoms with Crippen molar-refractivity contribution in [2.24, 2.45) is 5.41 Å². The molecule has 3 N–H and O–H groups in total. The highest BCUT2D eigenvalue weighted by atomic mass is 32.2. The molecule has 0 radical (unpaired) electrons. The van der Waals surface area contributed by atoms with Gasteiger partial charge in [-0.15, -0.1) is 11.3 Å². The molecule has 1 amide bonds. The molecule has 11 rings (SSSR count). The van der Waals surface area contributed by atoms with Gasteiger partial charge in [-0.2, -0.15) is 0 Å². The summed E-state index contributed by atoms with van der Waals surface area (Å²) in [4.78, 5) is 48.6. The maximum atomic E-state index is 16.7. The van der Waals surface area contributed by atoms with Crippen LogP contribution in [0, 0.1) is 21.3 Å². The number of piperidine rings is 1. The number of alkyl halides is 1. The SMILES string of the molecule is COc1ccc(CN2CCN(C3CC4(CCN(c5cc(Oc6cnc7[nH]ccc7c6)c(C(=O)NS(=O)(=O)c6cc([N+](=O)[O-])c(NCC7(F)CCOCC7)c7scnc67)cc5F)CC4)C3)C(c3ccccc3C(C)C)C2)cn1. The largest absolute Gasteiger partial charge is 0.481 e. The molecule has 3 aromatic carbocycles. The van der Waals surface area contributed by atoms with Gasteiger partial charge in [-0.1, -0.05) is 44.2 Å². The molecule has 18 nitrogen and oxygen atoms in total. The molecule has 1 atom stereocenters. The number of carbonyl (C=O) groups is 1. The summed E-state index contributed by atoms with van der Waals surface area (Å²) in [5, 5.41) is 16.0. The number of carbonyl (C=O) groups excluding carboxylic acids is 1. The van der Waals surface area contributed by atoms with Crippen molar-refractivity contribution in [1.29, 1.82) is 0 Å². The van der Waals surface area contributed by atoms with Crippen LogP contribution in [0.3, 0.4) is 0 Å². The molecule has 1 aliphatic carbocycles. The van der Waals surface area contributed by atoms with Gasteiger partial charge < -0.3 is 29.4 Å². The highest BCUT2D eigenvalue weighted by Gasteiger charge is 2.50. The zero-order valence-electron chi connectivity index (χ0n) is 43.0. The molecule has 3 saturated heterocycles. The molecule has 1 unspecified atom stereocenters. The molecule has 1 saturated carbocycles. The van der Waals surface area contributed by atoms with Gasteiger partial charge in [-0.05, 0) is 71.9 Å². The number of methoxy groups -OCH3 is 1. The van der Waals surface area contributed by atoms with E-state index < -0.39 is 48.5 Å². The quantitative estimate of drug-likeness (QED) is 0.0607. The van der Waals surface area contributed by atoms with Gasteiger partial charge in [-0.3, -0.25) is 24.7 Å². The van der Waals surface area contributed by atoms with Crippen LogP contribution in [-0.4, -0.2) is 120 Å². The number of ether oxygens (including phenoxy) is 3. The van der Waals surface area contributed by atoms with Crippen LogP contribution < -0.4 is 24.4 Å². The van der Waals surface area contributed by atoms with Gasteiger partial charge in [0.1, 0.15) is 44.7 Å². The van der Waals surface area contributed by atoms with E-state index in [1.165, 1.54) is 28.9 Å². The van der Waals surface area contributed by atoms with Crippen LogP contribution in [0.4, 0.5) is 25.8 Å². The molecule has 7 heterocycles. The van der Waals surface area contributed by atoms with Gasteiger partial charge in [0.25, 0.3) is 21.6 Å². The monoisotopic (exact) mass is 1090 g/mol. The predicted molar refractivity (Wildman–Crippen MR) is 289 cm³/mol. The van der Waals surface area contributed by atoms with Crippen molar-refractivity contribution in [1.82, 2.24) is 34.5 Å². The summed E-state index contributed by atoms with van der Waals surface area (Å²) in [6.07, 6.45) is 8.86. The topological polar surface area (TPSA) is 210 Å². The number of H-pyrrole nitrogens is 1. The van der Waals surface area contributed by atoms with E-state index in [0.29, 0.717) is 42.0 Å². The summed E-state index contributed by atoms with van der Waals surface area (Å²) in [6.45, 7) is 9.18. The van der Waals surface area contributed by atoms with Gasteiger partial charge in [0.05, 0.1) is 39.7 Å². The molecule has 4 aliphatic rings. The Bertz CT molecular complexity index is 3450. The van der Waals surface area contributed by atoms with Gasteiger partial charge in [0.2, 0.25) is 5.88 Å². The van der Waals surface area contributed by atoms with E-state index >= 15 is 8.78 Å². The molecule has 4 fully saturated rings. The van der Waals surface area contributed by atoms with E-state index in [-0.39, 0.29) is 77.1 Å². The number of anilines is 2. The number of halogens is 2. The van der Waals surface area contributed by atoms with E-state index in [0.717, 1.165) is 80.9 Å². The smallest absolute Gasteiger partial charge is 0.295 e. The van der Waals surface area contributed by atoms with Crippen molar-refractivity contribution in [3.05, 3.63) is 129 Å². The number of aromatic nitrogens is 4. The molecule has 22 heteroatoms. The molecule has 0 bridgehead atoms. The third-order valence-corrected chi connectivity index (χ3v) is 18.2. The van der Waals surface area contributed by atoms with Crippen molar-refractivity contribution in [3.8, 4) is 17.4 Å². The summed E-state index contributed by atoms with van der Waals surface area (Å²) in [5.74, 6) is -0.990. The summed E-state index contributed by atoms with van der Waals surface area (Å²) in [7, 11) is -3.32. The average Bonchev–Trinajstić information content (AvgIpc) is 4.19. The number of benzene rings is 3. The molecule has 7 aromatic rings. The first-order chi connectivity index (χ1) is 37.1. The summed E-state index contributed by atoms with van der Waals surface area (Å²) >= 11 is 0.918. The Balaban J connectivity index is 0.823. The number of hydrogen-bond acceptors (Lipinski definition) is 16. The number of aromatic amines is 1. The van der Waals surface area contributed by atoms with Gasteiger partial charge >= 0.3 is 0 Å². The standard InChI is InChI=1S/C55H60F2N10O8S2/c1-34(2)39-6-4-5-7-40(39)45-31-64(30-35-8-9-48(73-3)59-28-35)18-19-66(45)37-26-54(27-37)11-16-65(17-12-54)43-24-46(75-38-22-36-10-15-58-52(36)60-29-38)41(23-42(43)56)53(68)63-77(71,72)47-25-44(67(69)70)49(51-50(47)62-33-76-51)61-32-55(57)13-20-74-21-14-55/h4-10,15,22-25,28-29,33-34,37,45,61H,11-14,16-21,26-27,30-32H2,1-3H3,(H,58,60)(H,63,68). The highest BCUT2D eigenvalue weighted by molar-refractivity contribution is 7.90. The Labute approximate surface area is 448 Å². The minimum Gasteiger partial charge on any atom is -0.481 e. The maximum Gasteiger partial charge on any atom is 0.295 e. The van der Waals surface area contributed by atoms with Crippen molar-refractivity contribution >= 4 is 65.6 Å². The lowest BCUT2D eigenvalue weighted by Crippen LogP contribution is -2.60. The molecular formula is C55H60F2N10O8S2. The van der Waals surface area contributed by atoms with Crippen LogP contribution in [0.15, 0.2) is 95.7 Å². The average molecular weight is 1090 g/mol. The summed E-state index contributed by atoms with van der Waals surface area (Å²) in [5.41, 5.74) is 2.91. The number of amides is 1. The Morgan fingerprint density at radius 1 is 1.00 bits per heavy atom. The molecule has 4 aromatic heterocycles. The third-order valence-electron chi connectivity index (χ3n) is 16.0. The van der Waals surface area contributed by atoms with E-state index in [9.17, 15) is 23.3 Å². The highest BCUT2D eigenvalue weighted by Crippen LogP contribution is 2.54. The maximum absolute atomic E-state index is 16.7. The first-order valence-corrected chi connectivity index (χ1v) is 28.3. The zero-order chi connectivity index (χ0) is 53.6. The van der Waals surface area contributed by atoms with E-state index in [1.807, 2.05) is 21.9 Å². The van der Waals surface area contributed by atoms with Crippen LogP contribution in [0.5, 0.6) is 17.4 Å². The van der Waals surface area contributed by atoms with Gasteiger partial charge in [-0.25, -0.2) is 36.9 Å². The number of fused-ring (bicyclic) bond motifs is 2. The van der Waals surface area contributed by atoms with E-state index in [1.54, 1.807) is 25.4 Å². The zero-order valence-corrected chi connectivity index (χ0v) is 44.6. The first-order valence-electron chi connectivity index (χ1n) is 26.0. The predicted octanol–water partition coefficient (Wildman–Crippen LogP) is 9.90. The number of nitrogens with zero attached hydrogens (tertiary/aromatic N) is 7. The molecular weight excluding hydrogens is 1030 g/mol. The lowest BCUT2D eigenvalue weighted by Gasteiger charge is -2.58. The van der Waals surface area contributed by atoms with Gasteiger partial charge in [0.15, 0.2) is 0 Å². The second-order valence-electron chi connectivity index (χ2n) is 21.1. The minimum atomic E-state index is -4.94. The molecule has 1 spiro atoms.